The molecule has 0 bridgehead atoms. The number of nitrogens with zero attached hydrogens (tertiary/aromatic N) is 1. The molecule has 98 valence electrons. The second-order valence-electron chi connectivity index (χ2n) is 4.82. The third-order valence-corrected chi connectivity index (χ3v) is 3.37. The SMILES string of the molecule is O=C(CCC1CCNC1)NCCc1ccccn1. The Kier molecular flexibility index (Phi) is 5.15. The smallest absolute Gasteiger partial charge is 0.220 e. The normalized spacial score (nSPS) is 18.8. The maximum absolute atomic E-state index is 11.6. The molecular weight excluding hydrogens is 226 g/mol. The summed E-state index contributed by atoms with van der Waals surface area (Å²) in [6.45, 7) is 2.85. The van der Waals surface area contributed by atoms with Crippen molar-refractivity contribution in [1.82, 2.24) is 15.6 Å². The molecule has 0 spiro atoms. The number of aromatic nitrogens is 1. The Morgan fingerprint density at radius 2 is 2.44 bits per heavy atom. The second kappa shape index (κ2) is 7.11. The van der Waals surface area contributed by atoms with Gasteiger partial charge in [0.25, 0.3) is 0 Å². The Balaban J connectivity index is 1.57. The minimum atomic E-state index is 0.165. The predicted octanol–water partition coefficient (Wildman–Crippen LogP) is 1.13. The van der Waals surface area contributed by atoms with Gasteiger partial charge >= 0.3 is 0 Å². The summed E-state index contributed by atoms with van der Waals surface area (Å²) in [5, 5.41) is 6.28. The van der Waals surface area contributed by atoms with E-state index in [1.165, 1.54) is 6.42 Å². The number of hydrogen-bond acceptors (Lipinski definition) is 3. The lowest BCUT2D eigenvalue weighted by molar-refractivity contribution is -0.121. The van der Waals surface area contributed by atoms with Crippen LogP contribution in [0.5, 0.6) is 0 Å². The number of amides is 1. The summed E-state index contributed by atoms with van der Waals surface area (Å²) in [7, 11) is 0. The minimum absolute atomic E-state index is 0.165. The van der Waals surface area contributed by atoms with Crippen LogP contribution in [0.3, 0.4) is 0 Å². The highest BCUT2D eigenvalue weighted by Gasteiger charge is 2.15. The maximum Gasteiger partial charge on any atom is 0.220 e. The molecule has 0 saturated carbocycles. The van der Waals surface area contributed by atoms with Crippen LogP contribution in [0.1, 0.15) is 25.0 Å². The quantitative estimate of drug-likeness (QED) is 0.792. The number of rotatable bonds is 6. The lowest BCUT2D eigenvalue weighted by atomic mass is 10.0. The van der Waals surface area contributed by atoms with Crippen molar-refractivity contribution >= 4 is 5.91 Å². The van der Waals surface area contributed by atoms with Gasteiger partial charge in [-0.25, -0.2) is 0 Å². The highest BCUT2D eigenvalue weighted by Crippen LogP contribution is 2.13. The maximum atomic E-state index is 11.6. The Bertz CT molecular complexity index is 361. The van der Waals surface area contributed by atoms with Crippen LogP contribution < -0.4 is 10.6 Å². The molecule has 4 heteroatoms. The molecule has 2 rings (SSSR count). The van der Waals surface area contributed by atoms with Crippen LogP contribution in [-0.2, 0) is 11.2 Å². The molecule has 1 aliphatic heterocycles. The third kappa shape index (κ3) is 4.45. The molecule has 0 aromatic carbocycles. The van der Waals surface area contributed by atoms with Gasteiger partial charge in [0.2, 0.25) is 5.91 Å². The van der Waals surface area contributed by atoms with Crippen LogP contribution in [-0.4, -0.2) is 30.5 Å². The van der Waals surface area contributed by atoms with Gasteiger partial charge in [0.05, 0.1) is 0 Å². The van der Waals surface area contributed by atoms with Gasteiger partial charge in [0.1, 0.15) is 0 Å². The zero-order valence-corrected chi connectivity index (χ0v) is 10.7. The Labute approximate surface area is 108 Å². The Morgan fingerprint density at radius 3 is 3.17 bits per heavy atom. The van der Waals surface area contributed by atoms with E-state index in [-0.39, 0.29) is 5.91 Å². The summed E-state index contributed by atoms with van der Waals surface area (Å²) in [6.07, 6.45) is 5.44. The average Bonchev–Trinajstić information content (AvgIpc) is 2.91. The van der Waals surface area contributed by atoms with Gasteiger partial charge in [-0.05, 0) is 44.0 Å². The topological polar surface area (TPSA) is 54.0 Å². The second-order valence-corrected chi connectivity index (χ2v) is 4.82. The Hall–Kier alpha value is -1.42. The molecule has 1 aromatic heterocycles. The molecule has 2 heterocycles. The van der Waals surface area contributed by atoms with Crippen LogP contribution in [0, 0.1) is 5.92 Å². The number of nitrogens with one attached hydrogen (secondary N) is 2. The van der Waals surface area contributed by atoms with E-state index < -0.39 is 0 Å². The van der Waals surface area contributed by atoms with Crippen LogP contribution >= 0.6 is 0 Å². The van der Waals surface area contributed by atoms with Gasteiger partial charge in [-0.15, -0.1) is 0 Å². The monoisotopic (exact) mass is 247 g/mol. The number of carbonyl (C=O) groups is 1. The number of carbonyl (C=O) groups excluding carboxylic acids is 1. The first-order valence-corrected chi connectivity index (χ1v) is 6.72. The van der Waals surface area contributed by atoms with Gasteiger partial charge in [-0.1, -0.05) is 6.07 Å². The molecule has 4 nitrogen and oxygen atoms in total. The van der Waals surface area contributed by atoms with Crippen molar-refractivity contribution in [3.8, 4) is 0 Å². The molecule has 1 unspecified atom stereocenters. The first kappa shape index (κ1) is 13.0. The van der Waals surface area contributed by atoms with E-state index in [2.05, 4.69) is 15.6 Å². The summed E-state index contributed by atoms with van der Waals surface area (Å²) in [4.78, 5) is 15.9. The summed E-state index contributed by atoms with van der Waals surface area (Å²) >= 11 is 0. The van der Waals surface area contributed by atoms with Crippen LogP contribution in [0.4, 0.5) is 0 Å². The summed E-state index contributed by atoms with van der Waals surface area (Å²) in [6, 6.07) is 5.85. The zero-order valence-electron chi connectivity index (χ0n) is 10.7. The molecule has 1 amide bonds. The highest BCUT2D eigenvalue weighted by atomic mass is 16.1. The molecule has 0 aliphatic carbocycles. The van der Waals surface area contributed by atoms with E-state index in [4.69, 9.17) is 0 Å². The van der Waals surface area contributed by atoms with Crippen molar-refractivity contribution in [3.63, 3.8) is 0 Å². The molecule has 1 aliphatic rings. The fraction of sp³-hybridized carbons (Fsp3) is 0.571. The van der Waals surface area contributed by atoms with Crippen molar-refractivity contribution in [1.29, 1.82) is 0 Å². The Morgan fingerprint density at radius 1 is 1.50 bits per heavy atom. The lowest BCUT2D eigenvalue weighted by Crippen LogP contribution is -2.26. The van der Waals surface area contributed by atoms with Gasteiger partial charge in [-0.2, -0.15) is 0 Å². The summed E-state index contributed by atoms with van der Waals surface area (Å²) in [5.74, 6) is 0.851. The standard InChI is InChI=1S/C14H21N3O/c18-14(5-4-12-6-9-15-11-12)17-10-7-13-3-1-2-8-16-13/h1-3,8,12,15H,4-7,9-11H2,(H,17,18). The minimum Gasteiger partial charge on any atom is -0.356 e. The van der Waals surface area contributed by atoms with E-state index in [1.54, 1.807) is 6.20 Å². The van der Waals surface area contributed by atoms with E-state index >= 15 is 0 Å². The van der Waals surface area contributed by atoms with E-state index in [9.17, 15) is 4.79 Å². The largest absolute Gasteiger partial charge is 0.356 e. The molecule has 1 aromatic rings. The van der Waals surface area contributed by atoms with Crippen molar-refractivity contribution in [2.24, 2.45) is 5.92 Å². The van der Waals surface area contributed by atoms with Gasteiger partial charge in [0, 0.05) is 31.3 Å². The van der Waals surface area contributed by atoms with Crippen LogP contribution in [0.25, 0.3) is 0 Å². The van der Waals surface area contributed by atoms with Gasteiger partial charge < -0.3 is 10.6 Å². The third-order valence-electron chi connectivity index (χ3n) is 3.37. The van der Waals surface area contributed by atoms with Crippen LogP contribution in [0.15, 0.2) is 24.4 Å². The average molecular weight is 247 g/mol. The highest BCUT2D eigenvalue weighted by molar-refractivity contribution is 5.75. The van der Waals surface area contributed by atoms with E-state index in [0.717, 1.165) is 31.6 Å². The first-order valence-electron chi connectivity index (χ1n) is 6.72. The van der Waals surface area contributed by atoms with E-state index in [1.807, 2.05) is 18.2 Å². The van der Waals surface area contributed by atoms with E-state index in [0.29, 0.717) is 18.9 Å². The predicted molar refractivity (Wildman–Crippen MR) is 71.2 cm³/mol. The van der Waals surface area contributed by atoms with Gasteiger partial charge in [-0.3, -0.25) is 9.78 Å². The summed E-state index contributed by atoms with van der Waals surface area (Å²) < 4.78 is 0. The molecule has 2 N–H and O–H groups in total. The molecule has 1 atom stereocenters. The lowest BCUT2D eigenvalue weighted by Gasteiger charge is -2.08. The fourth-order valence-electron chi connectivity index (χ4n) is 2.26. The van der Waals surface area contributed by atoms with Crippen LogP contribution in [0.2, 0.25) is 0 Å². The fourth-order valence-corrected chi connectivity index (χ4v) is 2.26. The first-order chi connectivity index (χ1) is 8.84. The van der Waals surface area contributed by atoms with Crippen molar-refractivity contribution in [2.45, 2.75) is 25.7 Å². The molecular formula is C14H21N3O. The zero-order chi connectivity index (χ0) is 12.6. The van der Waals surface area contributed by atoms with Crippen molar-refractivity contribution < 1.29 is 4.79 Å². The molecule has 18 heavy (non-hydrogen) atoms. The molecule has 0 radical (unpaired) electrons. The molecule has 1 fully saturated rings. The summed E-state index contributed by atoms with van der Waals surface area (Å²) in [5.41, 5.74) is 1.03. The number of pyridine rings is 1. The number of hydrogen-bond donors (Lipinski definition) is 2. The molecule has 1 saturated heterocycles. The van der Waals surface area contributed by atoms with Gasteiger partial charge in [0.15, 0.2) is 0 Å². The van der Waals surface area contributed by atoms with Crippen molar-refractivity contribution in [2.75, 3.05) is 19.6 Å². The van der Waals surface area contributed by atoms with Crippen molar-refractivity contribution in [3.05, 3.63) is 30.1 Å².